The molecule has 1 atom stereocenters. The van der Waals surface area contributed by atoms with E-state index in [2.05, 4.69) is 15.4 Å². The van der Waals surface area contributed by atoms with Crippen molar-refractivity contribution in [2.75, 3.05) is 25.0 Å². The van der Waals surface area contributed by atoms with Gasteiger partial charge in [-0.2, -0.15) is 0 Å². The monoisotopic (exact) mass is 295 g/mol. The Bertz CT molecular complexity index is 519. The number of carbonyl (C=O) groups is 1. The van der Waals surface area contributed by atoms with Crippen LogP contribution in [-0.2, 0) is 4.79 Å². The summed E-state index contributed by atoms with van der Waals surface area (Å²) in [5.41, 5.74) is 1.50. The molecule has 20 heavy (non-hydrogen) atoms. The molecule has 1 fully saturated rings. The Labute approximate surface area is 123 Å². The normalized spacial score (nSPS) is 21.9. The Hall–Kier alpha value is -1.59. The zero-order chi connectivity index (χ0) is 14.5. The van der Waals surface area contributed by atoms with Gasteiger partial charge in [0.05, 0.1) is 12.3 Å². The number of halogens is 1. The molecule has 108 valence electrons. The average Bonchev–Trinajstić information content (AvgIpc) is 2.38. The molecule has 0 saturated carbocycles. The van der Waals surface area contributed by atoms with Gasteiger partial charge in [0.25, 0.3) is 0 Å². The lowest BCUT2D eigenvalue weighted by atomic mass is 9.98. The van der Waals surface area contributed by atoms with Crippen LogP contribution in [0.25, 0.3) is 0 Å². The lowest BCUT2D eigenvalue weighted by molar-refractivity contribution is -0.117. The Morgan fingerprint density at radius 2 is 2.40 bits per heavy atom. The smallest absolute Gasteiger partial charge is 0.238 e. The minimum Gasteiger partial charge on any atom is -0.411 e. The minimum absolute atomic E-state index is 0.0659. The molecule has 5 nitrogen and oxygen atoms in total. The third-order valence-corrected chi connectivity index (χ3v) is 3.62. The van der Waals surface area contributed by atoms with E-state index < -0.39 is 0 Å². The molecule has 0 bridgehead atoms. The Kier molecular flexibility index (Phi) is 4.98. The van der Waals surface area contributed by atoms with Crippen LogP contribution in [0, 0.1) is 5.92 Å². The highest BCUT2D eigenvalue weighted by Crippen LogP contribution is 2.16. The molecule has 1 aliphatic heterocycles. The van der Waals surface area contributed by atoms with Crippen LogP contribution in [0.15, 0.2) is 29.4 Å². The van der Waals surface area contributed by atoms with Crippen molar-refractivity contribution in [2.45, 2.75) is 13.3 Å². The molecular formula is C14H18ClN3O2. The van der Waals surface area contributed by atoms with Crippen molar-refractivity contribution in [1.29, 1.82) is 0 Å². The molecule has 0 spiro atoms. The highest BCUT2D eigenvalue weighted by atomic mass is 35.5. The number of piperidine rings is 1. The number of carbonyl (C=O) groups excluding carboxylic acids is 1. The van der Waals surface area contributed by atoms with Gasteiger partial charge in [-0.05, 0) is 18.2 Å². The maximum Gasteiger partial charge on any atom is 0.238 e. The summed E-state index contributed by atoms with van der Waals surface area (Å²) in [6.45, 7) is 3.78. The van der Waals surface area contributed by atoms with Gasteiger partial charge >= 0.3 is 0 Å². The largest absolute Gasteiger partial charge is 0.411 e. The van der Waals surface area contributed by atoms with Crippen LogP contribution in [0.3, 0.4) is 0 Å². The van der Waals surface area contributed by atoms with Gasteiger partial charge in [-0.1, -0.05) is 29.7 Å². The van der Waals surface area contributed by atoms with Crippen molar-refractivity contribution >= 4 is 28.9 Å². The maximum atomic E-state index is 12.0. The molecule has 1 amide bonds. The third-order valence-electron chi connectivity index (χ3n) is 3.39. The van der Waals surface area contributed by atoms with Crippen LogP contribution in [-0.4, -0.2) is 41.4 Å². The van der Waals surface area contributed by atoms with E-state index in [9.17, 15) is 4.79 Å². The Balaban J connectivity index is 1.86. The summed E-state index contributed by atoms with van der Waals surface area (Å²) in [5.74, 6) is 0.108. The van der Waals surface area contributed by atoms with Crippen LogP contribution in [0.2, 0.25) is 5.02 Å². The number of nitrogens with zero attached hydrogens (tertiary/aromatic N) is 2. The summed E-state index contributed by atoms with van der Waals surface area (Å²) in [4.78, 5) is 14.0. The molecule has 0 radical (unpaired) electrons. The van der Waals surface area contributed by atoms with Gasteiger partial charge in [0.15, 0.2) is 0 Å². The first-order valence-corrected chi connectivity index (χ1v) is 6.95. The van der Waals surface area contributed by atoms with Crippen molar-refractivity contribution in [2.24, 2.45) is 11.1 Å². The predicted octanol–water partition coefficient (Wildman–Crippen LogP) is 2.45. The fraction of sp³-hybridized carbons (Fsp3) is 0.429. The van der Waals surface area contributed by atoms with Crippen LogP contribution in [0.5, 0.6) is 0 Å². The SMILES string of the molecule is CC1CN(CC(=O)Nc2cccc(Cl)c2)CC/C1=N\O. The molecule has 1 aliphatic rings. The number of likely N-dealkylation sites (tertiary alicyclic amines) is 1. The van der Waals surface area contributed by atoms with Crippen molar-refractivity contribution in [3.63, 3.8) is 0 Å². The van der Waals surface area contributed by atoms with Crippen molar-refractivity contribution in [1.82, 2.24) is 4.90 Å². The zero-order valence-corrected chi connectivity index (χ0v) is 12.1. The summed E-state index contributed by atoms with van der Waals surface area (Å²) in [6, 6.07) is 7.08. The summed E-state index contributed by atoms with van der Waals surface area (Å²) < 4.78 is 0. The molecular weight excluding hydrogens is 278 g/mol. The molecule has 2 rings (SSSR count). The zero-order valence-electron chi connectivity index (χ0n) is 11.3. The van der Waals surface area contributed by atoms with Gasteiger partial charge in [0.1, 0.15) is 0 Å². The standard InChI is InChI=1S/C14H18ClN3O2/c1-10-8-18(6-5-13(10)17-20)9-14(19)16-12-4-2-3-11(15)7-12/h2-4,7,10,20H,5-6,8-9H2,1H3,(H,16,19)/b17-13+. The van der Waals surface area contributed by atoms with E-state index in [0.29, 0.717) is 23.7 Å². The number of hydrogen-bond acceptors (Lipinski definition) is 4. The lowest BCUT2D eigenvalue weighted by Gasteiger charge is -2.30. The number of anilines is 1. The number of benzene rings is 1. The maximum absolute atomic E-state index is 12.0. The van der Waals surface area contributed by atoms with E-state index in [4.69, 9.17) is 16.8 Å². The second-order valence-electron chi connectivity index (χ2n) is 5.04. The van der Waals surface area contributed by atoms with E-state index in [-0.39, 0.29) is 11.8 Å². The Morgan fingerprint density at radius 3 is 3.05 bits per heavy atom. The first kappa shape index (κ1) is 14.8. The quantitative estimate of drug-likeness (QED) is 0.665. The van der Waals surface area contributed by atoms with Crippen LogP contribution in [0.4, 0.5) is 5.69 Å². The summed E-state index contributed by atoms with van der Waals surface area (Å²) in [6.07, 6.45) is 0.697. The molecule has 1 aromatic carbocycles. The van der Waals surface area contributed by atoms with Crippen LogP contribution in [0.1, 0.15) is 13.3 Å². The first-order chi connectivity index (χ1) is 9.58. The second-order valence-corrected chi connectivity index (χ2v) is 5.47. The number of amides is 1. The number of oxime groups is 1. The molecule has 0 aromatic heterocycles. The van der Waals surface area contributed by atoms with E-state index >= 15 is 0 Å². The van der Waals surface area contributed by atoms with Gasteiger partial charge in [0, 0.05) is 36.1 Å². The third kappa shape index (κ3) is 3.95. The topological polar surface area (TPSA) is 64.9 Å². The van der Waals surface area contributed by atoms with Gasteiger partial charge in [-0.3, -0.25) is 9.69 Å². The van der Waals surface area contributed by atoms with Crippen LogP contribution >= 0.6 is 11.6 Å². The number of rotatable bonds is 3. The average molecular weight is 296 g/mol. The second kappa shape index (κ2) is 6.72. The number of nitrogens with one attached hydrogen (secondary N) is 1. The number of hydrogen-bond donors (Lipinski definition) is 2. The first-order valence-electron chi connectivity index (χ1n) is 6.57. The highest BCUT2D eigenvalue weighted by molar-refractivity contribution is 6.30. The van der Waals surface area contributed by atoms with Crippen LogP contribution < -0.4 is 5.32 Å². The highest BCUT2D eigenvalue weighted by Gasteiger charge is 2.23. The Morgan fingerprint density at radius 1 is 1.60 bits per heavy atom. The molecule has 2 N–H and O–H groups in total. The van der Waals surface area contributed by atoms with Crippen molar-refractivity contribution in [3.8, 4) is 0 Å². The fourth-order valence-electron chi connectivity index (χ4n) is 2.37. The minimum atomic E-state index is -0.0659. The molecule has 1 saturated heterocycles. The van der Waals surface area contributed by atoms with Gasteiger partial charge in [-0.25, -0.2) is 0 Å². The van der Waals surface area contributed by atoms with E-state index in [1.54, 1.807) is 24.3 Å². The van der Waals surface area contributed by atoms with Gasteiger partial charge in [0.2, 0.25) is 5.91 Å². The van der Waals surface area contributed by atoms with E-state index in [0.717, 1.165) is 18.8 Å². The summed E-state index contributed by atoms with van der Waals surface area (Å²) in [7, 11) is 0. The van der Waals surface area contributed by atoms with E-state index in [1.807, 2.05) is 6.92 Å². The summed E-state index contributed by atoms with van der Waals surface area (Å²) in [5, 5.41) is 15.5. The predicted molar refractivity (Wildman–Crippen MR) is 79.5 cm³/mol. The molecule has 1 aromatic rings. The fourth-order valence-corrected chi connectivity index (χ4v) is 2.56. The lowest BCUT2D eigenvalue weighted by Crippen LogP contribution is -2.43. The molecule has 1 unspecified atom stereocenters. The van der Waals surface area contributed by atoms with Gasteiger partial charge < -0.3 is 10.5 Å². The van der Waals surface area contributed by atoms with Crippen molar-refractivity contribution < 1.29 is 10.0 Å². The van der Waals surface area contributed by atoms with Crippen molar-refractivity contribution in [3.05, 3.63) is 29.3 Å². The van der Waals surface area contributed by atoms with Gasteiger partial charge in [-0.15, -0.1) is 0 Å². The molecule has 0 aliphatic carbocycles. The summed E-state index contributed by atoms with van der Waals surface area (Å²) >= 11 is 5.87. The molecule has 6 heteroatoms. The molecule has 1 heterocycles. The van der Waals surface area contributed by atoms with E-state index in [1.165, 1.54) is 0 Å².